The maximum atomic E-state index is 5.99. The van der Waals surface area contributed by atoms with E-state index in [1.807, 2.05) is 0 Å². The van der Waals surface area contributed by atoms with Crippen molar-refractivity contribution in [1.29, 1.82) is 0 Å². The molecule has 3 N–H and O–H groups in total. The third kappa shape index (κ3) is 2.40. The van der Waals surface area contributed by atoms with Gasteiger partial charge in [-0.1, -0.05) is 0 Å². The summed E-state index contributed by atoms with van der Waals surface area (Å²) in [5.41, 5.74) is 7.24. The van der Waals surface area contributed by atoms with E-state index in [0.717, 1.165) is 30.5 Å². The second-order valence-corrected chi connectivity index (χ2v) is 6.99. The molecular weight excluding hydrogens is 272 g/mol. The highest BCUT2D eigenvalue weighted by Crippen LogP contribution is 2.47. The molecule has 3 aliphatic rings. The molecule has 0 amide bonds. The minimum Gasteiger partial charge on any atom is -0.383 e. The average molecular weight is 294 g/mol. The van der Waals surface area contributed by atoms with E-state index in [1.54, 1.807) is 0 Å². The molecule has 6 heteroatoms. The lowest BCUT2D eigenvalue weighted by Gasteiger charge is -2.35. The summed E-state index contributed by atoms with van der Waals surface area (Å²) in [4.78, 5) is 2.58. The summed E-state index contributed by atoms with van der Waals surface area (Å²) in [5.74, 6) is 1.37. The van der Waals surface area contributed by atoms with Gasteiger partial charge in [-0.2, -0.15) is 4.37 Å². The Hall–Kier alpha value is -0.850. The van der Waals surface area contributed by atoms with Crippen molar-refractivity contribution in [1.82, 2.24) is 9.27 Å². The smallest absolute Gasteiger partial charge is 0.142 e. The van der Waals surface area contributed by atoms with E-state index in [0.29, 0.717) is 18.1 Å². The molecular formula is C14H22N4OS. The van der Waals surface area contributed by atoms with Gasteiger partial charge in [-0.05, 0) is 49.7 Å². The number of fused-ring (bicyclic) bond motifs is 1. The molecule has 20 heavy (non-hydrogen) atoms. The van der Waals surface area contributed by atoms with Crippen LogP contribution in [0.3, 0.4) is 0 Å². The van der Waals surface area contributed by atoms with Gasteiger partial charge < -0.3 is 15.8 Å². The summed E-state index contributed by atoms with van der Waals surface area (Å²) >= 11 is 1.50. The van der Waals surface area contributed by atoms with Gasteiger partial charge in [-0.3, -0.25) is 4.90 Å². The number of nitrogen functional groups attached to an aromatic ring is 1. The maximum Gasteiger partial charge on any atom is 0.142 e. The number of hydrogen-bond acceptors (Lipinski definition) is 6. The van der Waals surface area contributed by atoms with Crippen LogP contribution in [0.4, 0.5) is 10.8 Å². The second kappa shape index (κ2) is 5.16. The van der Waals surface area contributed by atoms with Crippen LogP contribution >= 0.6 is 11.5 Å². The number of hydrogen-bond donors (Lipinski definition) is 2. The van der Waals surface area contributed by atoms with Gasteiger partial charge in [0.2, 0.25) is 0 Å². The first-order valence-corrected chi connectivity index (χ1v) is 8.43. The molecule has 0 radical (unpaired) electrons. The lowest BCUT2D eigenvalue weighted by Crippen LogP contribution is -2.48. The van der Waals surface area contributed by atoms with Gasteiger partial charge in [-0.25, -0.2) is 0 Å². The van der Waals surface area contributed by atoms with Gasteiger partial charge in [0, 0.05) is 24.7 Å². The molecule has 2 atom stereocenters. The van der Waals surface area contributed by atoms with Crippen molar-refractivity contribution in [3.8, 4) is 0 Å². The number of nitrogens with one attached hydrogen (secondary N) is 1. The summed E-state index contributed by atoms with van der Waals surface area (Å²) < 4.78 is 10.3. The predicted molar refractivity (Wildman–Crippen MR) is 81.3 cm³/mol. The minimum absolute atomic E-state index is 0.291. The van der Waals surface area contributed by atoms with E-state index in [1.165, 1.54) is 49.3 Å². The molecule has 2 saturated heterocycles. The van der Waals surface area contributed by atoms with Crippen molar-refractivity contribution in [2.45, 2.75) is 43.7 Å². The average Bonchev–Trinajstić information content (AvgIpc) is 3.06. The SMILES string of the molecule is Nc1nsc(NCC2CN3CCCC3CO2)c1C1CC1. The molecule has 0 spiro atoms. The largest absolute Gasteiger partial charge is 0.383 e. The molecule has 3 fully saturated rings. The fourth-order valence-corrected chi connectivity index (χ4v) is 4.22. The van der Waals surface area contributed by atoms with Crippen molar-refractivity contribution in [2.24, 2.45) is 0 Å². The Morgan fingerprint density at radius 3 is 3.15 bits per heavy atom. The van der Waals surface area contributed by atoms with E-state index in [4.69, 9.17) is 10.5 Å². The Morgan fingerprint density at radius 2 is 2.30 bits per heavy atom. The standard InChI is InChI=1S/C14H22N4OS/c15-13-12(9-3-4-9)14(20-17-13)16-6-11-7-18-5-1-2-10(18)8-19-11/h9-11,16H,1-8H2,(H2,15,17). The Labute approximate surface area is 123 Å². The summed E-state index contributed by atoms with van der Waals surface area (Å²) in [6.45, 7) is 4.06. The van der Waals surface area contributed by atoms with Gasteiger partial charge >= 0.3 is 0 Å². The van der Waals surface area contributed by atoms with Crippen LogP contribution in [-0.4, -0.2) is 47.7 Å². The van der Waals surface area contributed by atoms with Crippen LogP contribution < -0.4 is 11.1 Å². The molecule has 2 aliphatic heterocycles. The fourth-order valence-electron chi connectivity index (χ4n) is 3.42. The fraction of sp³-hybridized carbons (Fsp3) is 0.786. The Balaban J connectivity index is 1.36. The van der Waals surface area contributed by atoms with Gasteiger partial charge in [0.25, 0.3) is 0 Å². The Bertz CT molecular complexity index is 488. The van der Waals surface area contributed by atoms with E-state index in [2.05, 4.69) is 14.6 Å². The number of aromatic nitrogens is 1. The molecule has 1 saturated carbocycles. The quantitative estimate of drug-likeness (QED) is 0.888. The number of nitrogens with zero attached hydrogens (tertiary/aromatic N) is 2. The van der Waals surface area contributed by atoms with Crippen LogP contribution in [0.25, 0.3) is 0 Å². The molecule has 0 aromatic carbocycles. The molecule has 1 aromatic heterocycles. The lowest BCUT2D eigenvalue weighted by atomic mass is 10.2. The zero-order valence-corrected chi connectivity index (χ0v) is 12.5. The normalized spacial score (nSPS) is 30.4. The molecule has 1 aromatic rings. The highest BCUT2D eigenvalue weighted by atomic mass is 32.1. The van der Waals surface area contributed by atoms with Crippen molar-refractivity contribution in [3.63, 3.8) is 0 Å². The number of ether oxygens (including phenoxy) is 1. The summed E-state index contributed by atoms with van der Waals surface area (Å²) in [6.07, 6.45) is 5.43. The molecule has 0 bridgehead atoms. The third-order valence-electron chi connectivity index (χ3n) is 4.69. The maximum absolute atomic E-state index is 5.99. The van der Waals surface area contributed by atoms with Crippen LogP contribution in [0.5, 0.6) is 0 Å². The first-order chi connectivity index (χ1) is 9.81. The molecule has 3 heterocycles. The zero-order chi connectivity index (χ0) is 13.5. The molecule has 5 nitrogen and oxygen atoms in total. The molecule has 2 unspecified atom stereocenters. The summed E-state index contributed by atoms with van der Waals surface area (Å²) in [6, 6.07) is 0.673. The number of anilines is 2. The van der Waals surface area contributed by atoms with Gasteiger partial charge in [0.15, 0.2) is 0 Å². The van der Waals surface area contributed by atoms with Crippen molar-refractivity contribution >= 4 is 22.4 Å². The van der Waals surface area contributed by atoms with Crippen LogP contribution in [0.1, 0.15) is 37.2 Å². The van der Waals surface area contributed by atoms with Gasteiger partial charge in [0.05, 0.1) is 12.7 Å². The van der Waals surface area contributed by atoms with Crippen molar-refractivity contribution in [2.75, 3.05) is 37.3 Å². The topological polar surface area (TPSA) is 63.4 Å². The minimum atomic E-state index is 0.291. The second-order valence-electron chi connectivity index (χ2n) is 6.21. The lowest BCUT2D eigenvalue weighted by molar-refractivity contribution is -0.0415. The third-order valence-corrected chi connectivity index (χ3v) is 5.53. The van der Waals surface area contributed by atoms with Crippen LogP contribution in [0.2, 0.25) is 0 Å². The first kappa shape index (κ1) is 12.9. The van der Waals surface area contributed by atoms with E-state index < -0.39 is 0 Å². The number of morpholine rings is 1. The number of nitrogens with two attached hydrogens (primary N) is 1. The molecule has 4 rings (SSSR count). The molecule has 110 valence electrons. The van der Waals surface area contributed by atoms with E-state index >= 15 is 0 Å². The summed E-state index contributed by atoms with van der Waals surface area (Å²) in [5, 5.41) is 4.69. The Morgan fingerprint density at radius 1 is 1.40 bits per heavy atom. The monoisotopic (exact) mass is 294 g/mol. The van der Waals surface area contributed by atoms with E-state index in [-0.39, 0.29) is 0 Å². The Kier molecular flexibility index (Phi) is 3.32. The summed E-state index contributed by atoms with van der Waals surface area (Å²) in [7, 11) is 0. The zero-order valence-electron chi connectivity index (χ0n) is 11.7. The van der Waals surface area contributed by atoms with Gasteiger partial charge in [-0.15, -0.1) is 0 Å². The van der Waals surface area contributed by atoms with E-state index in [9.17, 15) is 0 Å². The van der Waals surface area contributed by atoms with Crippen molar-refractivity contribution < 1.29 is 4.74 Å². The molecule has 1 aliphatic carbocycles. The van der Waals surface area contributed by atoms with Crippen LogP contribution in [0, 0.1) is 0 Å². The number of rotatable bonds is 4. The van der Waals surface area contributed by atoms with Crippen LogP contribution in [0.15, 0.2) is 0 Å². The highest BCUT2D eigenvalue weighted by Gasteiger charge is 2.33. The first-order valence-electron chi connectivity index (χ1n) is 7.66. The predicted octanol–water partition coefficient (Wildman–Crippen LogP) is 1.88. The highest BCUT2D eigenvalue weighted by molar-refractivity contribution is 7.10. The van der Waals surface area contributed by atoms with Gasteiger partial charge in [0.1, 0.15) is 10.8 Å². The van der Waals surface area contributed by atoms with Crippen LogP contribution in [-0.2, 0) is 4.74 Å². The van der Waals surface area contributed by atoms with Crippen molar-refractivity contribution in [3.05, 3.63) is 5.56 Å².